The summed E-state index contributed by atoms with van der Waals surface area (Å²) in [6.07, 6.45) is 0. The fraction of sp³-hybridized carbons (Fsp3) is 0.636. The van der Waals surface area contributed by atoms with Gasteiger partial charge in [0.15, 0.2) is 0 Å². The van der Waals surface area contributed by atoms with Crippen LogP contribution in [-0.4, -0.2) is 27.2 Å². The number of rotatable bonds is 7. The average molecular weight is 292 g/mol. The van der Waals surface area contributed by atoms with Crippen LogP contribution < -0.4 is 10.5 Å². The lowest BCUT2D eigenvalue weighted by atomic mass is 10.1. The minimum Gasteiger partial charge on any atom is -0.375 e. The van der Waals surface area contributed by atoms with Crippen molar-refractivity contribution in [3.05, 3.63) is 17.0 Å². The van der Waals surface area contributed by atoms with Gasteiger partial charge in [0, 0.05) is 19.7 Å². The van der Waals surface area contributed by atoms with E-state index in [-0.39, 0.29) is 10.8 Å². The lowest BCUT2D eigenvalue weighted by Crippen LogP contribution is -2.40. The van der Waals surface area contributed by atoms with Crippen molar-refractivity contribution in [3.8, 4) is 0 Å². The van der Waals surface area contributed by atoms with Gasteiger partial charge in [-0.05, 0) is 37.8 Å². The second-order valence-electron chi connectivity index (χ2n) is 4.50. The molecule has 0 spiro atoms. The third-order valence-electron chi connectivity index (χ3n) is 2.35. The highest BCUT2D eigenvalue weighted by Gasteiger charge is 2.23. The summed E-state index contributed by atoms with van der Waals surface area (Å²) in [5.41, 5.74) is 5.77. The van der Waals surface area contributed by atoms with Crippen molar-refractivity contribution >= 4 is 21.4 Å². The van der Waals surface area contributed by atoms with Crippen LogP contribution in [0.4, 0.5) is 0 Å². The van der Waals surface area contributed by atoms with Crippen LogP contribution in [0.1, 0.15) is 26.3 Å². The van der Waals surface area contributed by atoms with E-state index in [0.717, 1.165) is 5.56 Å². The fourth-order valence-electron chi connectivity index (χ4n) is 1.38. The third kappa shape index (κ3) is 4.33. The zero-order valence-electron chi connectivity index (χ0n) is 10.9. The van der Waals surface area contributed by atoms with Crippen molar-refractivity contribution in [3.63, 3.8) is 0 Å². The molecule has 0 saturated heterocycles. The molecule has 0 unspecified atom stereocenters. The van der Waals surface area contributed by atoms with E-state index in [1.54, 1.807) is 11.4 Å². The van der Waals surface area contributed by atoms with E-state index in [4.69, 9.17) is 10.5 Å². The van der Waals surface area contributed by atoms with E-state index in [9.17, 15) is 8.42 Å². The molecule has 1 rings (SSSR count). The van der Waals surface area contributed by atoms with Crippen LogP contribution in [0.15, 0.2) is 15.7 Å². The summed E-state index contributed by atoms with van der Waals surface area (Å²) in [6.45, 7) is 6.70. The van der Waals surface area contributed by atoms with Gasteiger partial charge in [-0.1, -0.05) is 0 Å². The smallest absolute Gasteiger partial charge is 0.250 e. The Labute approximate surface area is 112 Å². The summed E-state index contributed by atoms with van der Waals surface area (Å²) < 4.78 is 32.3. The maximum Gasteiger partial charge on any atom is 0.250 e. The number of sulfonamides is 1. The molecule has 7 heteroatoms. The van der Waals surface area contributed by atoms with Crippen LogP contribution in [0, 0.1) is 0 Å². The molecular formula is C11H20N2O3S2. The Morgan fingerprint density at radius 1 is 1.50 bits per heavy atom. The maximum atomic E-state index is 12.0. The topological polar surface area (TPSA) is 81.4 Å². The van der Waals surface area contributed by atoms with Gasteiger partial charge in [-0.15, -0.1) is 11.3 Å². The Hall–Kier alpha value is -0.470. The van der Waals surface area contributed by atoms with Gasteiger partial charge in [0.1, 0.15) is 4.21 Å². The van der Waals surface area contributed by atoms with Crippen molar-refractivity contribution in [2.45, 2.75) is 37.1 Å². The molecule has 0 atom stereocenters. The van der Waals surface area contributed by atoms with Gasteiger partial charge >= 0.3 is 0 Å². The summed E-state index contributed by atoms with van der Waals surface area (Å²) >= 11 is 1.17. The second-order valence-corrected chi connectivity index (χ2v) is 7.40. The first-order valence-corrected chi connectivity index (χ1v) is 8.08. The molecule has 0 fully saturated rings. The van der Waals surface area contributed by atoms with Gasteiger partial charge < -0.3 is 10.5 Å². The molecule has 0 aliphatic carbocycles. The average Bonchev–Trinajstić information content (AvgIpc) is 2.76. The van der Waals surface area contributed by atoms with Crippen LogP contribution in [0.25, 0.3) is 0 Å². The molecule has 0 bridgehead atoms. The van der Waals surface area contributed by atoms with E-state index < -0.39 is 15.6 Å². The monoisotopic (exact) mass is 292 g/mol. The van der Waals surface area contributed by atoms with Crippen LogP contribution in [0.2, 0.25) is 0 Å². The van der Waals surface area contributed by atoms with Crippen molar-refractivity contribution in [2.24, 2.45) is 5.73 Å². The van der Waals surface area contributed by atoms with E-state index >= 15 is 0 Å². The number of nitrogens with two attached hydrogens (primary N) is 1. The minimum atomic E-state index is -3.47. The standard InChI is InChI=1S/C11H20N2O3S2/c1-4-16-11(2,3)8-13-18(14,15)10-5-9(6-12)7-17-10/h5,7,13H,4,6,8,12H2,1-3H3. The number of ether oxygens (including phenoxy) is 1. The van der Waals surface area contributed by atoms with Gasteiger partial charge in [0.2, 0.25) is 10.0 Å². The quantitative estimate of drug-likeness (QED) is 0.793. The third-order valence-corrected chi connectivity index (χ3v) is 5.24. The molecule has 18 heavy (non-hydrogen) atoms. The number of nitrogens with one attached hydrogen (secondary N) is 1. The fourth-order valence-corrected chi connectivity index (χ4v) is 3.85. The second kappa shape index (κ2) is 6.12. The lowest BCUT2D eigenvalue weighted by molar-refractivity contribution is -0.00514. The normalized spacial score (nSPS) is 12.9. The molecule has 0 amide bonds. The molecular weight excluding hydrogens is 272 g/mol. The van der Waals surface area contributed by atoms with Crippen molar-refractivity contribution in [1.82, 2.24) is 4.72 Å². The first kappa shape index (κ1) is 15.6. The zero-order valence-corrected chi connectivity index (χ0v) is 12.5. The molecule has 0 aliphatic heterocycles. The maximum absolute atomic E-state index is 12.0. The molecule has 3 N–H and O–H groups in total. The predicted octanol–water partition coefficient (Wildman–Crippen LogP) is 1.30. The van der Waals surface area contributed by atoms with Crippen LogP contribution in [0.3, 0.4) is 0 Å². The summed E-state index contributed by atoms with van der Waals surface area (Å²) in [5, 5.41) is 1.75. The van der Waals surface area contributed by atoms with E-state index in [1.165, 1.54) is 11.3 Å². The van der Waals surface area contributed by atoms with Gasteiger partial charge in [-0.2, -0.15) is 0 Å². The minimum absolute atomic E-state index is 0.235. The van der Waals surface area contributed by atoms with Gasteiger partial charge in [0.25, 0.3) is 0 Å². The molecule has 5 nitrogen and oxygen atoms in total. The van der Waals surface area contributed by atoms with E-state index in [0.29, 0.717) is 13.2 Å². The van der Waals surface area contributed by atoms with E-state index in [1.807, 2.05) is 20.8 Å². The molecule has 1 aromatic rings. The Morgan fingerprint density at radius 3 is 2.67 bits per heavy atom. The zero-order chi connectivity index (χ0) is 13.8. The Morgan fingerprint density at radius 2 is 2.17 bits per heavy atom. The summed E-state index contributed by atoms with van der Waals surface area (Å²) in [5.74, 6) is 0. The molecule has 1 heterocycles. The van der Waals surface area contributed by atoms with Crippen molar-refractivity contribution in [1.29, 1.82) is 0 Å². The lowest BCUT2D eigenvalue weighted by Gasteiger charge is -2.24. The van der Waals surface area contributed by atoms with Crippen molar-refractivity contribution in [2.75, 3.05) is 13.2 Å². The highest BCUT2D eigenvalue weighted by molar-refractivity contribution is 7.91. The molecule has 0 radical (unpaired) electrons. The number of hydrogen-bond donors (Lipinski definition) is 2. The summed E-state index contributed by atoms with van der Waals surface area (Å²) in [7, 11) is -3.47. The molecule has 0 saturated carbocycles. The number of thiophene rings is 1. The Bertz CT molecular complexity index is 480. The van der Waals surface area contributed by atoms with E-state index in [2.05, 4.69) is 4.72 Å². The van der Waals surface area contributed by atoms with Gasteiger partial charge in [-0.3, -0.25) is 0 Å². The van der Waals surface area contributed by atoms with Crippen LogP contribution in [-0.2, 0) is 21.3 Å². The first-order chi connectivity index (χ1) is 8.30. The summed E-state index contributed by atoms with van der Waals surface area (Å²) in [4.78, 5) is 0. The highest BCUT2D eigenvalue weighted by atomic mass is 32.2. The molecule has 104 valence electrons. The Kier molecular flexibility index (Phi) is 5.30. The van der Waals surface area contributed by atoms with Crippen molar-refractivity contribution < 1.29 is 13.2 Å². The number of hydrogen-bond acceptors (Lipinski definition) is 5. The summed E-state index contributed by atoms with van der Waals surface area (Å²) in [6, 6.07) is 1.60. The van der Waals surface area contributed by atoms with Gasteiger partial charge in [-0.25, -0.2) is 13.1 Å². The first-order valence-electron chi connectivity index (χ1n) is 5.72. The van der Waals surface area contributed by atoms with Crippen LogP contribution in [0.5, 0.6) is 0 Å². The highest BCUT2D eigenvalue weighted by Crippen LogP contribution is 2.20. The van der Waals surface area contributed by atoms with Gasteiger partial charge in [0.05, 0.1) is 5.60 Å². The van der Waals surface area contributed by atoms with Crippen LogP contribution >= 0.6 is 11.3 Å². The molecule has 1 aromatic heterocycles. The largest absolute Gasteiger partial charge is 0.375 e. The Balaban J connectivity index is 2.71. The predicted molar refractivity (Wildman–Crippen MR) is 73.1 cm³/mol. The SMILES string of the molecule is CCOC(C)(C)CNS(=O)(=O)c1cc(CN)cs1. The molecule has 0 aliphatic rings. The molecule has 0 aromatic carbocycles.